The maximum absolute atomic E-state index is 9.87. The molecule has 0 saturated heterocycles. The smallest absolute Gasteiger partial charge is 0.303 e. The van der Waals surface area contributed by atoms with E-state index in [0.717, 1.165) is 25.0 Å². The van der Waals surface area contributed by atoms with Crippen molar-refractivity contribution in [3.63, 3.8) is 0 Å². The molecule has 16 heavy (non-hydrogen) atoms. The lowest BCUT2D eigenvalue weighted by Gasteiger charge is -1.89. The third-order valence-electron chi connectivity index (χ3n) is 1.89. The van der Waals surface area contributed by atoms with Crippen LogP contribution in [0.1, 0.15) is 38.3 Å². The van der Waals surface area contributed by atoms with Crippen LogP contribution in [0.15, 0.2) is 31.0 Å². The summed E-state index contributed by atoms with van der Waals surface area (Å²) in [5.41, 5.74) is 0.924. The number of aromatic nitrogens is 1. The highest BCUT2D eigenvalue weighted by molar-refractivity contribution is 5.66. The van der Waals surface area contributed by atoms with E-state index in [1.807, 2.05) is 18.2 Å². The van der Waals surface area contributed by atoms with Crippen LogP contribution >= 0.6 is 0 Å². The van der Waals surface area contributed by atoms with Crippen molar-refractivity contribution in [2.24, 2.45) is 0 Å². The summed E-state index contributed by atoms with van der Waals surface area (Å²) in [5, 5.41) is 8.14. The Labute approximate surface area is 96.8 Å². The lowest BCUT2D eigenvalue weighted by molar-refractivity contribution is -0.137. The fourth-order valence-electron chi connectivity index (χ4n) is 1.02. The molecule has 0 radical (unpaired) electrons. The molecule has 0 unspecified atom stereocenters. The number of carboxylic acids is 1. The quantitative estimate of drug-likeness (QED) is 0.775. The molecule has 1 N–H and O–H groups in total. The van der Waals surface area contributed by atoms with Crippen molar-refractivity contribution in [3.05, 3.63) is 36.7 Å². The summed E-state index contributed by atoms with van der Waals surface area (Å²) in [4.78, 5) is 13.9. The van der Waals surface area contributed by atoms with Gasteiger partial charge in [0, 0.05) is 12.6 Å². The van der Waals surface area contributed by atoms with Gasteiger partial charge in [-0.1, -0.05) is 32.4 Å². The number of rotatable bonds is 5. The molecule has 0 atom stereocenters. The van der Waals surface area contributed by atoms with Crippen molar-refractivity contribution >= 4 is 12.0 Å². The van der Waals surface area contributed by atoms with E-state index in [0.29, 0.717) is 6.42 Å². The zero-order valence-electron chi connectivity index (χ0n) is 9.72. The van der Waals surface area contributed by atoms with Gasteiger partial charge in [-0.2, -0.15) is 0 Å². The van der Waals surface area contributed by atoms with Crippen LogP contribution in [0.4, 0.5) is 0 Å². The largest absolute Gasteiger partial charge is 0.481 e. The van der Waals surface area contributed by atoms with E-state index in [9.17, 15) is 4.79 Å². The Morgan fingerprint density at radius 1 is 1.50 bits per heavy atom. The molecule has 88 valence electrons. The molecule has 1 heterocycles. The van der Waals surface area contributed by atoms with Crippen molar-refractivity contribution in [1.29, 1.82) is 0 Å². The Bertz CT molecular complexity index is 296. The summed E-state index contributed by atoms with van der Waals surface area (Å²) < 4.78 is 0. The summed E-state index contributed by atoms with van der Waals surface area (Å²) in [6.45, 7) is 5.63. The third-order valence-corrected chi connectivity index (χ3v) is 1.89. The molecule has 0 bridgehead atoms. The fraction of sp³-hybridized carbons (Fsp3) is 0.385. The highest BCUT2D eigenvalue weighted by Gasteiger charge is 1.92. The summed E-state index contributed by atoms with van der Waals surface area (Å²) in [6.07, 6.45) is 6.75. The van der Waals surface area contributed by atoms with Crippen LogP contribution in [0.5, 0.6) is 0 Å². The number of aliphatic carboxylic acids is 1. The van der Waals surface area contributed by atoms with Gasteiger partial charge in [-0.3, -0.25) is 9.78 Å². The maximum Gasteiger partial charge on any atom is 0.303 e. The highest BCUT2D eigenvalue weighted by Crippen LogP contribution is 1.97. The van der Waals surface area contributed by atoms with Gasteiger partial charge in [0.15, 0.2) is 0 Å². The average molecular weight is 221 g/mol. The second-order valence-corrected chi connectivity index (χ2v) is 3.31. The number of carbonyl (C=O) groups is 1. The van der Waals surface area contributed by atoms with Crippen molar-refractivity contribution in [1.82, 2.24) is 4.98 Å². The number of hydrogen-bond acceptors (Lipinski definition) is 2. The monoisotopic (exact) mass is 221 g/mol. The SMILES string of the molecule is C=Cc1ccccn1.CCCCCC(=O)O. The van der Waals surface area contributed by atoms with Gasteiger partial charge < -0.3 is 5.11 Å². The molecular formula is C13H19NO2. The van der Waals surface area contributed by atoms with Crippen LogP contribution in [-0.2, 0) is 4.79 Å². The number of hydrogen-bond donors (Lipinski definition) is 1. The van der Waals surface area contributed by atoms with Crippen LogP contribution in [-0.4, -0.2) is 16.1 Å². The van der Waals surface area contributed by atoms with E-state index in [4.69, 9.17) is 5.11 Å². The molecule has 0 amide bonds. The summed E-state index contributed by atoms with van der Waals surface area (Å²) in [5.74, 6) is -0.682. The molecule has 1 aromatic heterocycles. The average Bonchev–Trinajstić information content (AvgIpc) is 2.31. The predicted molar refractivity (Wildman–Crippen MR) is 66.1 cm³/mol. The molecule has 1 aromatic rings. The Kier molecular flexibility index (Phi) is 8.88. The van der Waals surface area contributed by atoms with E-state index >= 15 is 0 Å². The van der Waals surface area contributed by atoms with Crippen molar-refractivity contribution in [3.8, 4) is 0 Å². The topological polar surface area (TPSA) is 50.2 Å². The van der Waals surface area contributed by atoms with Gasteiger partial charge in [0.2, 0.25) is 0 Å². The van der Waals surface area contributed by atoms with Gasteiger partial charge in [0.25, 0.3) is 0 Å². The first-order valence-electron chi connectivity index (χ1n) is 5.46. The molecular weight excluding hydrogens is 202 g/mol. The molecule has 0 aliphatic carbocycles. The summed E-state index contributed by atoms with van der Waals surface area (Å²) in [7, 11) is 0. The zero-order valence-corrected chi connectivity index (χ0v) is 9.72. The van der Waals surface area contributed by atoms with Gasteiger partial charge >= 0.3 is 5.97 Å². The Morgan fingerprint density at radius 2 is 2.25 bits per heavy atom. The van der Waals surface area contributed by atoms with E-state index < -0.39 is 5.97 Å². The zero-order chi connectivity index (χ0) is 12.2. The second kappa shape index (κ2) is 9.90. The molecule has 0 saturated carbocycles. The second-order valence-electron chi connectivity index (χ2n) is 3.31. The first-order valence-corrected chi connectivity index (χ1v) is 5.46. The predicted octanol–water partition coefficient (Wildman–Crippen LogP) is 3.38. The lowest BCUT2D eigenvalue weighted by Crippen LogP contribution is -1.92. The molecule has 3 nitrogen and oxygen atoms in total. The van der Waals surface area contributed by atoms with E-state index in [1.54, 1.807) is 12.3 Å². The highest BCUT2D eigenvalue weighted by atomic mass is 16.4. The van der Waals surface area contributed by atoms with Crippen molar-refractivity contribution in [2.75, 3.05) is 0 Å². The summed E-state index contributed by atoms with van der Waals surface area (Å²) in [6, 6.07) is 5.73. The third kappa shape index (κ3) is 8.94. The minimum absolute atomic E-state index is 0.327. The molecule has 0 aliphatic rings. The van der Waals surface area contributed by atoms with Gasteiger partial charge in [-0.15, -0.1) is 0 Å². The molecule has 0 spiro atoms. The van der Waals surface area contributed by atoms with E-state index in [1.165, 1.54) is 0 Å². The minimum Gasteiger partial charge on any atom is -0.481 e. The van der Waals surface area contributed by atoms with Gasteiger partial charge in [-0.25, -0.2) is 0 Å². The maximum atomic E-state index is 9.87. The standard InChI is InChI=1S/C7H7N.C6H12O2/c1-2-7-5-3-4-6-8-7;1-2-3-4-5-6(7)8/h2-6H,1H2;2-5H2,1H3,(H,7,8). The van der Waals surface area contributed by atoms with E-state index in [2.05, 4.69) is 18.5 Å². The molecule has 0 aliphatic heterocycles. The van der Waals surface area contributed by atoms with Crippen LogP contribution in [0.25, 0.3) is 6.08 Å². The van der Waals surface area contributed by atoms with Gasteiger partial charge in [0.1, 0.15) is 0 Å². The fourth-order valence-corrected chi connectivity index (χ4v) is 1.02. The van der Waals surface area contributed by atoms with Crippen molar-refractivity contribution < 1.29 is 9.90 Å². The first kappa shape index (κ1) is 14.4. The molecule has 1 rings (SSSR count). The van der Waals surface area contributed by atoms with Crippen LogP contribution in [0, 0.1) is 0 Å². The van der Waals surface area contributed by atoms with Crippen LogP contribution in [0.3, 0.4) is 0 Å². The number of unbranched alkanes of at least 4 members (excludes halogenated alkanes) is 2. The number of nitrogens with zero attached hydrogens (tertiary/aromatic N) is 1. The van der Waals surface area contributed by atoms with Gasteiger partial charge in [-0.05, 0) is 24.6 Å². The normalized spacial score (nSPS) is 8.81. The Morgan fingerprint density at radius 3 is 2.62 bits per heavy atom. The number of pyridine rings is 1. The number of carboxylic acid groups (broad SMARTS) is 1. The minimum atomic E-state index is -0.682. The molecule has 0 aromatic carbocycles. The van der Waals surface area contributed by atoms with Gasteiger partial charge in [0.05, 0.1) is 5.69 Å². The van der Waals surface area contributed by atoms with Crippen LogP contribution < -0.4 is 0 Å². The Balaban J connectivity index is 0.000000281. The Hall–Kier alpha value is -1.64. The van der Waals surface area contributed by atoms with E-state index in [-0.39, 0.29) is 0 Å². The lowest BCUT2D eigenvalue weighted by atomic mass is 10.2. The molecule has 0 fully saturated rings. The first-order chi connectivity index (χ1) is 7.70. The van der Waals surface area contributed by atoms with Crippen LogP contribution in [0.2, 0.25) is 0 Å². The van der Waals surface area contributed by atoms with Crippen molar-refractivity contribution in [2.45, 2.75) is 32.6 Å². The molecule has 3 heteroatoms. The summed E-state index contributed by atoms with van der Waals surface area (Å²) >= 11 is 0.